The van der Waals surface area contributed by atoms with Crippen LogP contribution in [0.15, 0.2) is 22.8 Å². The van der Waals surface area contributed by atoms with Crippen LogP contribution in [0.2, 0.25) is 0 Å². The van der Waals surface area contributed by atoms with E-state index < -0.39 is 5.60 Å². The zero-order chi connectivity index (χ0) is 15.4. The molecule has 0 fully saturated rings. The fraction of sp³-hybridized carbons (Fsp3) is 0.667. The fourth-order valence-corrected chi connectivity index (χ4v) is 1.54. The Kier molecular flexibility index (Phi) is 5.22. The Balaban J connectivity index is 2.37. The average Bonchev–Trinajstić information content (AvgIpc) is 2.86. The fourth-order valence-electron chi connectivity index (χ4n) is 1.54. The van der Waals surface area contributed by atoms with Crippen LogP contribution in [-0.4, -0.2) is 24.2 Å². The van der Waals surface area contributed by atoms with Crippen LogP contribution in [0.5, 0.6) is 0 Å². The van der Waals surface area contributed by atoms with Gasteiger partial charge in [0, 0.05) is 6.54 Å². The Morgan fingerprint density at radius 1 is 1.35 bits per heavy atom. The summed E-state index contributed by atoms with van der Waals surface area (Å²) in [5.41, 5.74) is -1.07. The molecule has 0 saturated carbocycles. The van der Waals surface area contributed by atoms with Gasteiger partial charge in [0.2, 0.25) is 0 Å². The van der Waals surface area contributed by atoms with E-state index in [1.54, 1.807) is 19.1 Å². The molecule has 1 aromatic heterocycles. The molecule has 2 amide bonds. The van der Waals surface area contributed by atoms with Gasteiger partial charge < -0.3 is 20.2 Å². The van der Waals surface area contributed by atoms with Gasteiger partial charge in [0.1, 0.15) is 11.4 Å². The largest absolute Gasteiger partial charge is 0.466 e. The molecule has 2 atom stereocenters. The summed E-state index contributed by atoms with van der Waals surface area (Å²) >= 11 is 0. The van der Waals surface area contributed by atoms with Crippen LogP contribution in [0.4, 0.5) is 4.79 Å². The third-order valence-corrected chi connectivity index (χ3v) is 3.69. The monoisotopic (exact) mass is 282 g/mol. The number of carbonyl (C=O) groups excluding carboxylic acids is 1. The normalized spacial score (nSPS) is 16.3. The molecule has 3 N–H and O–H groups in total. The maximum atomic E-state index is 11.7. The Labute approximate surface area is 120 Å². The molecule has 20 heavy (non-hydrogen) atoms. The lowest BCUT2D eigenvalue weighted by Gasteiger charge is -2.27. The zero-order valence-corrected chi connectivity index (χ0v) is 13.0. The van der Waals surface area contributed by atoms with Gasteiger partial charge in [-0.25, -0.2) is 4.79 Å². The molecule has 0 radical (unpaired) electrons. The molecule has 0 spiro atoms. The molecule has 1 rings (SSSR count). The highest BCUT2D eigenvalue weighted by molar-refractivity contribution is 5.73. The van der Waals surface area contributed by atoms with Crippen molar-refractivity contribution in [1.82, 2.24) is 10.6 Å². The van der Waals surface area contributed by atoms with Gasteiger partial charge in [-0.2, -0.15) is 0 Å². The predicted molar refractivity (Wildman–Crippen MR) is 78.3 cm³/mol. The summed E-state index contributed by atoms with van der Waals surface area (Å²) in [6.45, 7) is 10.8. The molecular formula is C15H26N2O3. The first kappa shape index (κ1) is 16.6. The Hall–Kier alpha value is -1.49. The number of hydrogen-bond acceptors (Lipinski definition) is 3. The van der Waals surface area contributed by atoms with Crippen molar-refractivity contribution in [2.75, 3.05) is 13.1 Å². The molecule has 0 saturated heterocycles. The van der Waals surface area contributed by atoms with Crippen LogP contribution in [-0.2, 0) is 5.60 Å². The molecule has 114 valence electrons. The second-order valence-corrected chi connectivity index (χ2v) is 6.58. The summed E-state index contributed by atoms with van der Waals surface area (Å²) in [5.74, 6) is 0.791. The molecule has 0 aromatic carbocycles. The smallest absolute Gasteiger partial charge is 0.314 e. The summed E-state index contributed by atoms with van der Waals surface area (Å²) in [5, 5.41) is 15.7. The zero-order valence-electron chi connectivity index (χ0n) is 13.0. The first-order valence-electron chi connectivity index (χ1n) is 6.91. The maximum absolute atomic E-state index is 11.7. The number of rotatable bonds is 5. The highest BCUT2D eigenvalue weighted by Crippen LogP contribution is 2.24. The van der Waals surface area contributed by atoms with E-state index >= 15 is 0 Å². The van der Waals surface area contributed by atoms with Crippen molar-refractivity contribution in [3.63, 3.8) is 0 Å². The first-order chi connectivity index (χ1) is 9.13. The van der Waals surface area contributed by atoms with Crippen LogP contribution >= 0.6 is 0 Å². The number of furan rings is 1. The van der Waals surface area contributed by atoms with E-state index in [0.717, 1.165) is 0 Å². The lowest BCUT2D eigenvalue weighted by atomic mass is 9.82. The summed E-state index contributed by atoms with van der Waals surface area (Å²) in [6.07, 6.45) is 1.49. The third kappa shape index (κ3) is 4.89. The molecule has 5 heteroatoms. The van der Waals surface area contributed by atoms with E-state index in [0.29, 0.717) is 18.2 Å². The van der Waals surface area contributed by atoms with Crippen molar-refractivity contribution >= 4 is 6.03 Å². The van der Waals surface area contributed by atoms with Crippen molar-refractivity contribution < 1.29 is 14.3 Å². The topological polar surface area (TPSA) is 74.5 Å². The van der Waals surface area contributed by atoms with E-state index in [1.165, 1.54) is 6.26 Å². The molecule has 1 heterocycles. The predicted octanol–water partition coefficient (Wildman–Crippen LogP) is 2.47. The number of amides is 2. The second-order valence-electron chi connectivity index (χ2n) is 6.58. The van der Waals surface area contributed by atoms with Gasteiger partial charge in [-0.15, -0.1) is 0 Å². The van der Waals surface area contributed by atoms with E-state index in [-0.39, 0.29) is 18.0 Å². The average molecular weight is 282 g/mol. The number of hydrogen-bond donors (Lipinski definition) is 3. The highest BCUT2D eigenvalue weighted by atomic mass is 16.4. The Morgan fingerprint density at radius 3 is 2.50 bits per heavy atom. The van der Waals surface area contributed by atoms with Gasteiger partial charge in [0.15, 0.2) is 0 Å². The second kappa shape index (κ2) is 6.31. The van der Waals surface area contributed by atoms with Crippen LogP contribution in [0, 0.1) is 11.3 Å². The van der Waals surface area contributed by atoms with Crippen molar-refractivity contribution in [2.24, 2.45) is 11.3 Å². The van der Waals surface area contributed by atoms with Crippen molar-refractivity contribution in [2.45, 2.75) is 40.2 Å². The van der Waals surface area contributed by atoms with E-state index in [2.05, 4.69) is 38.3 Å². The lowest BCUT2D eigenvalue weighted by molar-refractivity contribution is 0.0367. The minimum absolute atomic E-state index is 0.0935. The van der Waals surface area contributed by atoms with Gasteiger partial charge in [-0.1, -0.05) is 27.7 Å². The molecule has 0 aliphatic heterocycles. The molecule has 2 unspecified atom stereocenters. The summed E-state index contributed by atoms with van der Waals surface area (Å²) < 4.78 is 5.15. The van der Waals surface area contributed by atoms with Crippen LogP contribution in [0.25, 0.3) is 0 Å². The number of aliphatic hydroxyl groups is 1. The third-order valence-electron chi connectivity index (χ3n) is 3.69. The van der Waals surface area contributed by atoms with E-state index in [1.807, 2.05) is 0 Å². The molecule has 0 aliphatic carbocycles. The van der Waals surface area contributed by atoms with Crippen molar-refractivity contribution in [3.05, 3.63) is 24.2 Å². The van der Waals surface area contributed by atoms with Crippen molar-refractivity contribution in [3.8, 4) is 0 Å². The first-order valence-corrected chi connectivity index (χ1v) is 6.91. The van der Waals surface area contributed by atoms with Crippen LogP contribution < -0.4 is 10.6 Å². The van der Waals surface area contributed by atoms with Gasteiger partial charge in [0.25, 0.3) is 0 Å². The molecular weight excluding hydrogens is 256 g/mol. The number of urea groups is 1. The number of carbonyl (C=O) groups is 1. The number of nitrogens with one attached hydrogen (secondary N) is 2. The Morgan fingerprint density at radius 2 is 2.00 bits per heavy atom. The standard InChI is InChI=1S/C15H26N2O3/c1-11(14(2,3)4)9-16-13(18)17-10-15(5,19)12-7-6-8-20-12/h6-8,11,19H,9-10H2,1-5H3,(H2,16,17,18). The maximum Gasteiger partial charge on any atom is 0.314 e. The summed E-state index contributed by atoms with van der Waals surface area (Å²) in [4.78, 5) is 11.7. The molecule has 1 aromatic rings. The summed E-state index contributed by atoms with van der Waals surface area (Å²) in [6, 6.07) is 3.10. The molecule has 5 nitrogen and oxygen atoms in total. The van der Waals surface area contributed by atoms with Gasteiger partial charge >= 0.3 is 6.03 Å². The van der Waals surface area contributed by atoms with Crippen LogP contribution in [0.1, 0.15) is 40.4 Å². The SMILES string of the molecule is CC(CNC(=O)NCC(C)(O)c1ccco1)C(C)(C)C. The molecule has 0 aliphatic rings. The van der Waals surface area contributed by atoms with Gasteiger partial charge in [0.05, 0.1) is 12.8 Å². The van der Waals surface area contributed by atoms with Gasteiger partial charge in [-0.05, 0) is 30.4 Å². The van der Waals surface area contributed by atoms with Gasteiger partial charge in [-0.3, -0.25) is 0 Å². The van der Waals surface area contributed by atoms with Crippen molar-refractivity contribution in [1.29, 1.82) is 0 Å². The Bertz CT molecular complexity index is 419. The minimum Gasteiger partial charge on any atom is -0.466 e. The van der Waals surface area contributed by atoms with E-state index in [9.17, 15) is 9.90 Å². The minimum atomic E-state index is -1.21. The lowest BCUT2D eigenvalue weighted by Crippen LogP contribution is -2.45. The summed E-state index contributed by atoms with van der Waals surface area (Å²) in [7, 11) is 0. The quantitative estimate of drug-likeness (QED) is 0.776. The van der Waals surface area contributed by atoms with Crippen LogP contribution in [0.3, 0.4) is 0 Å². The highest BCUT2D eigenvalue weighted by Gasteiger charge is 2.27. The molecule has 0 bridgehead atoms. The van der Waals surface area contributed by atoms with E-state index in [4.69, 9.17) is 4.42 Å².